The van der Waals surface area contributed by atoms with Gasteiger partial charge in [0.25, 0.3) is 0 Å². The summed E-state index contributed by atoms with van der Waals surface area (Å²) < 4.78 is 2.05. The largest absolute Gasteiger partial charge is 0.393 e. The van der Waals surface area contributed by atoms with Gasteiger partial charge in [-0.2, -0.15) is 0 Å². The van der Waals surface area contributed by atoms with Crippen LogP contribution < -0.4 is 14.8 Å². The summed E-state index contributed by atoms with van der Waals surface area (Å²) in [6, 6.07) is 12.7. The number of likely N-dealkylation sites (N-methyl/N-ethyl adjacent to an activating group) is 1. The van der Waals surface area contributed by atoms with E-state index in [0.717, 1.165) is 24.7 Å². The first-order valence-electron chi connectivity index (χ1n) is 6.92. The van der Waals surface area contributed by atoms with Gasteiger partial charge in [0.2, 0.25) is 5.82 Å². The fraction of sp³-hybridized carbons (Fsp3) is 0.375. The molecular formula is C16H23N4+. The molecule has 4 heteroatoms. The van der Waals surface area contributed by atoms with E-state index in [1.165, 1.54) is 11.3 Å². The number of benzene rings is 1. The van der Waals surface area contributed by atoms with E-state index in [0.29, 0.717) is 0 Å². The topological polar surface area (TPSA) is 32.0 Å². The Kier molecular flexibility index (Phi) is 4.56. The standard InChI is InChI=1S/C16H22N4/c1-13-12-15(18-16(17-2)20(13)4)19(3)11-10-14-8-6-5-7-9-14/h5-9,12H,10-11H2,1-4H3/p+1. The second-order valence-corrected chi connectivity index (χ2v) is 5.05. The number of aryl methyl sites for hydroxylation is 1. The first kappa shape index (κ1) is 14.3. The molecule has 2 rings (SSSR count). The molecule has 20 heavy (non-hydrogen) atoms. The molecule has 1 N–H and O–H groups in total. The van der Waals surface area contributed by atoms with Crippen molar-refractivity contribution < 1.29 is 4.57 Å². The molecule has 0 aliphatic heterocycles. The van der Waals surface area contributed by atoms with Crippen molar-refractivity contribution in [2.75, 3.05) is 30.9 Å². The zero-order chi connectivity index (χ0) is 14.5. The third-order valence-electron chi connectivity index (χ3n) is 3.60. The van der Waals surface area contributed by atoms with Gasteiger partial charge in [-0.15, -0.1) is 0 Å². The number of hydrogen-bond donors (Lipinski definition) is 1. The van der Waals surface area contributed by atoms with Crippen LogP contribution in [0.3, 0.4) is 0 Å². The summed E-state index contributed by atoms with van der Waals surface area (Å²) in [7, 11) is 6.00. The van der Waals surface area contributed by atoms with Gasteiger partial charge in [0.15, 0.2) is 0 Å². The van der Waals surface area contributed by atoms with Gasteiger partial charge >= 0.3 is 5.95 Å². The molecule has 0 saturated heterocycles. The molecular weight excluding hydrogens is 248 g/mol. The Bertz CT molecular complexity index is 566. The quantitative estimate of drug-likeness (QED) is 0.843. The van der Waals surface area contributed by atoms with E-state index in [1.54, 1.807) is 0 Å². The molecule has 0 unspecified atom stereocenters. The Labute approximate surface area is 121 Å². The minimum atomic E-state index is 0.881. The first-order valence-corrected chi connectivity index (χ1v) is 6.92. The molecule has 4 nitrogen and oxygen atoms in total. The lowest BCUT2D eigenvalue weighted by molar-refractivity contribution is -0.665. The number of hydrogen-bond acceptors (Lipinski definition) is 3. The molecule has 106 valence electrons. The summed E-state index contributed by atoms with van der Waals surface area (Å²) in [5, 5.41) is 3.13. The molecule has 0 radical (unpaired) electrons. The van der Waals surface area contributed by atoms with Crippen LogP contribution in [0.4, 0.5) is 11.8 Å². The second kappa shape index (κ2) is 6.37. The summed E-state index contributed by atoms with van der Waals surface area (Å²) in [6.45, 7) is 3.05. The van der Waals surface area contributed by atoms with Crippen LogP contribution in [0, 0.1) is 6.92 Å². The minimum absolute atomic E-state index is 0.881. The molecule has 0 atom stereocenters. The molecule has 0 aliphatic carbocycles. The maximum absolute atomic E-state index is 4.64. The average molecular weight is 271 g/mol. The summed E-state index contributed by atoms with van der Waals surface area (Å²) in [6.07, 6.45) is 1.02. The Balaban J connectivity index is 2.09. The molecule has 1 aromatic heterocycles. The van der Waals surface area contributed by atoms with E-state index in [1.807, 2.05) is 14.1 Å². The number of nitrogens with one attached hydrogen (secondary N) is 1. The smallest absolute Gasteiger partial charge is 0.346 e. The molecule has 0 fully saturated rings. The van der Waals surface area contributed by atoms with Crippen molar-refractivity contribution in [3.05, 3.63) is 47.7 Å². The summed E-state index contributed by atoms with van der Waals surface area (Å²) in [4.78, 5) is 6.84. The highest BCUT2D eigenvalue weighted by Crippen LogP contribution is 2.12. The normalized spacial score (nSPS) is 10.4. The molecule has 1 aromatic carbocycles. The number of anilines is 2. The lowest BCUT2D eigenvalue weighted by atomic mass is 10.1. The van der Waals surface area contributed by atoms with Crippen LogP contribution in [0.1, 0.15) is 11.3 Å². The molecule has 2 aromatic rings. The van der Waals surface area contributed by atoms with Crippen molar-refractivity contribution in [1.82, 2.24) is 4.98 Å². The highest BCUT2D eigenvalue weighted by atomic mass is 15.2. The van der Waals surface area contributed by atoms with Gasteiger partial charge in [0, 0.05) is 19.7 Å². The van der Waals surface area contributed by atoms with Crippen LogP contribution in [-0.2, 0) is 13.5 Å². The summed E-state index contributed by atoms with van der Waals surface area (Å²) >= 11 is 0. The van der Waals surface area contributed by atoms with Gasteiger partial charge in [-0.3, -0.25) is 5.32 Å². The predicted octanol–water partition coefficient (Wildman–Crippen LogP) is 1.94. The number of nitrogens with zero attached hydrogens (tertiary/aromatic N) is 3. The first-order chi connectivity index (χ1) is 9.61. The van der Waals surface area contributed by atoms with E-state index in [2.05, 4.69) is 70.1 Å². The van der Waals surface area contributed by atoms with Crippen LogP contribution in [0.25, 0.3) is 0 Å². The molecule has 0 saturated carbocycles. The van der Waals surface area contributed by atoms with Gasteiger partial charge in [0.05, 0.1) is 19.8 Å². The van der Waals surface area contributed by atoms with E-state index < -0.39 is 0 Å². The van der Waals surface area contributed by atoms with Crippen molar-refractivity contribution >= 4 is 11.8 Å². The predicted molar refractivity (Wildman–Crippen MR) is 83.1 cm³/mol. The van der Waals surface area contributed by atoms with Crippen LogP contribution >= 0.6 is 0 Å². The minimum Gasteiger partial charge on any atom is -0.346 e. The lowest BCUT2D eigenvalue weighted by Gasteiger charge is -2.17. The third-order valence-corrected chi connectivity index (χ3v) is 3.60. The van der Waals surface area contributed by atoms with E-state index in [4.69, 9.17) is 0 Å². The maximum atomic E-state index is 4.64. The Hall–Kier alpha value is -2.10. The number of aromatic nitrogens is 2. The Morgan fingerprint density at radius 1 is 1.25 bits per heavy atom. The van der Waals surface area contributed by atoms with Crippen molar-refractivity contribution in [1.29, 1.82) is 0 Å². The van der Waals surface area contributed by atoms with Crippen LogP contribution in [0.5, 0.6) is 0 Å². The Morgan fingerprint density at radius 3 is 2.60 bits per heavy atom. The highest BCUT2D eigenvalue weighted by molar-refractivity contribution is 5.41. The zero-order valence-corrected chi connectivity index (χ0v) is 12.7. The van der Waals surface area contributed by atoms with Gasteiger partial charge in [-0.25, -0.2) is 4.57 Å². The van der Waals surface area contributed by atoms with E-state index in [-0.39, 0.29) is 0 Å². The van der Waals surface area contributed by atoms with E-state index >= 15 is 0 Å². The molecule has 0 amide bonds. The van der Waals surface area contributed by atoms with Crippen molar-refractivity contribution in [2.24, 2.45) is 7.05 Å². The summed E-state index contributed by atoms with van der Waals surface area (Å²) in [5.41, 5.74) is 2.54. The maximum Gasteiger partial charge on any atom is 0.393 e. The zero-order valence-electron chi connectivity index (χ0n) is 12.7. The number of rotatable bonds is 5. The van der Waals surface area contributed by atoms with Gasteiger partial charge in [-0.05, 0) is 18.9 Å². The lowest BCUT2D eigenvalue weighted by Crippen LogP contribution is -2.37. The monoisotopic (exact) mass is 271 g/mol. The average Bonchev–Trinajstić information content (AvgIpc) is 2.48. The second-order valence-electron chi connectivity index (χ2n) is 5.05. The molecule has 0 aliphatic rings. The van der Waals surface area contributed by atoms with Crippen molar-refractivity contribution in [3.8, 4) is 0 Å². The van der Waals surface area contributed by atoms with Crippen LogP contribution in [-0.4, -0.2) is 25.6 Å². The van der Waals surface area contributed by atoms with Gasteiger partial charge in [0.1, 0.15) is 0 Å². The highest BCUT2D eigenvalue weighted by Gasteiger charge is 2.15. The van der Waals surface area contributed by atoms with Gasteiger partial charge in [-0.1, -0.05) is 35.3 Å². The van der Waals surface area contributed by atoms with Crippen molar-refractivity contribution in [3.63, 3.8) is 0 Å². The molecule has 1 heterocycles. The third kappa shape index (κ3) is 3.26. The van der Waals surface area contributed by atoms with Crippen LogP contribution in [0.2, 0.25) is 0 Å². The summed E-state index contributed by atoms with van der Waals surface area (Å²) in [5.74, 6) is 1.88. The SMILES string of the molecule is CNc1nc(N(C)CCc2ccccc2)cc(C)[n+]1C. The van der Waals surface area contributed by atoms with Gasteiger partial charge < -0.3 is 4.90 Å². The Morgan fingerprint density at radius 2 is 1.95 bits per heavy atom. The molecule has 0 spiro atoms. The fourth-order valence-corrected chi connectivity index (χ4v) is 2.14. The van der Waals surface area contributed by atoms with Crippen LogP contribution in [0.15, 0.2) is 36.4 Å². The molecule has 0 bridgehead atoms. The fourth-order valence-electron chi connectivity index (χ4n) is 2.14. The van der Waals surface area contributed by atoms with E-state index in [9.17, 15) is 0 Å². The van der Waals surface area contributed by atoms with Crippen molar-refractivity contribution in [2.45, 2.75) is 13.3 Å².